The van der Waals surface area contributed by atoms with Gasteiger partial charge in [0, 0.05) is 43.9 Å². The molecule has 1 fully saturated rings. The van der Waals surface area contributed by atoms with Crippen molar-refractivity contribution in [1.29, 1.82) is 0 Å². The Morgan fingerprint density at radius 1 is 1.58 bits per heavy atom. The average molecular weight is 348 g/mol. The van der Waals surface area contributed by atoms with E-state index in [0.29, 0.717) is 10.8 Å². The first kappa shape index (κ1) is 14.6. The minimum Gasteiger partial charge on any atom is -0.349 e. The third-order valence-corrected chi connectivity index (χ3v) is 3.70. The minimum atomic E-state index is 0.102. The highest BCUT2D eigenvalue weighted by molar-refractivity contribution is 9.10. The molecule has 104 valence electrons. The summed E-state index contributed by atoms with van der Waals surface area (Å²) in [4.78, 5) is 20.0. The van der Waals surface area contributed by atoms with Gasteiger partial charge in [0.1, 0.15) is 5.82 Å². The van der Waals surface area contributed by atoms with Crippen molar-refractivity contribution in [3.05, 3.63) is 21.8 Å². The Bertz CT molecular complexity index is 465. The highest BCUT2D eigenvalue weighted by Crippen LogP contribution is 2.25. The van der Waals surface area contributed by atoms with Gasteiger partial charge in [-0.05, 0) is 22.0 Å². The van der Waals surface area contributed by atoms with E-state index in [-0.39, 0.29) is 12.5 Å². The van der Waals surface area contributed by atoms with E-state index in [9.17, 15) is 4.79 Å². The van der Waals surface area contributed by atoms with Crippen molar-refractivity contribution in [3.8, 4) is 0 Å². The zero-order valence-electron chi connectivity index (χ0n) is 10.7. The van der Waals surface area contributed by atoms with Crippen molar-refractivity contribution in [2.45, 2.75) is 0 Å². The molecule has 2 heterocycles. The van der Waals surface area contributed by atoms with Gasteiger partial charge in [-0.25, -0.2) is 4.98 Å². The molecule has 0 radical (unpaired) electrons. The van der Waals surface area contributed by atoms with Crippen LogP contribution in [0.5, 0.6) is 0 Å². The predicted octanol–water partition coefficient (Wildman–Crippen LogP) is 1.37. The topological polar surface area (TPSA) is 48.5 Å². The predicted molar refractivity (Wildman–Crippen MR) is 79.7 cm³/mol. The molecule has 5 nitrogen and oxygen atoms in total. The highest BCUT2D eigenvalue weighted by Gasteiger charge is 2.19. The number of anilines is 1. The molecule has 1 aliphatic heterocycles. The number of likely N-dealkylation sites (N-methyl/N-ethyl adjacent to an activating group) is 1. The molecule has 0 bridgehead atoms. The number of rotatable bonds is 3. The normalized spacial score (nSPS) is 15.4. The van der Waals surface area contributed by atoms with E-state index in [1.54, 1.807) is 17.2 Å². The average Bonchev–Trinajstić information content (AvgIpc) is 2.39. The number of aromatic nitrogens is 1. The van der Waals surface area contributed by atoms with Crippen molar-refractivity contribution in [2.75, 3.05) is 44.7 Å². The number of carbonyl (C=O) groups excluding carboxylic acids is 1. The smallest absolute Gasteiger partial charge is 0.242 e. The second-order valence-electron chi connectivity index (χ2n) is 4.45. The second-order valence-corrected chi connectivity index (χ2v) is 5.77. The summed E-state index contributed by atoms with van der Waals surface area (Å²) < 4.78 is 0.822. The summed E-state index contributed by atoms with van der Waals surface area (Å²) in [6.45, 7) is 3.51. The molecule has 0 unspecified atom stereocenters. The molecule has 1 N–H and O–H groups in total. The maximum Gasteiger partial charge on any atom is 0.242 e. The summed E-state index contributed by atoms with van der Waals surface area (Å²) in [5.41, 5.74) is 0. The number of hydrogen-bond acceptors (Lipinski definition) is 4. The molecule has 1 aliphatic rings. The van der Waals surface area contributed by atoms with Gasteiger partial charge in [-0.2, -0.15) is 0 Å². The van der Waals surface area contributed by atoms with Crippen LogP contribution in [-0.2, 0) is 4.79 Å². The van der Waals surface area contributed by atoms with Gasteiger partial charge < -0.3 is 15.1 Å². The summed E-state index contributed by atoms with van der Waals surface area (Å²) in [6.07, 6.45) is 1.67. The quantitative estimate of drug-likeness (QED) is 0.897. The standard InChI is InChI=1S/C12H16BrClN4O/c1-17(12-10(14)6-9(13)7-16-12)8-11(19)18-4-2-15-3-5-18/h6-7,15H,2-5,8H2,1H3. The van der Waals surface area contributed by atoms with Crippen LogP contribution in [0.1, 0.15) is 0 Å². The molecule has 1 amide bonds. The molecule has 1 aromatic rings. The molecule has 2 rings (SSSR count). The van der Waals surface area contributed by atoms with Gasteiger partial charge >= 0.3 is 0 Å². The van der Waals surface area contributed by atoms with Gasteiger partial charge in [-0.3, -0.25) is 4.79 Å². The van der Waals surface area contributed by atoms with Crippen LogP contribution in [-0.4, -0.2) is 55.6 Å². The van der Waals surface area contributed by atoms with Crippen LogP contribution < -0.4 is 10.2 Å². The lowest BCUT2D eigenvalue weighted by Gasteiger charge is -2.29. The summed E-state index contributed by atoms with van der Waals surface area (Å²) in [6, 6.07) is 1.77. The van der Waals surface area contributed by atoms with E-state index in [1.807, 2.05) is 11.9 Å². The molecule has 0 spiro atoms. The second kappa shape index (κ2) is 6.54. The number of carbonyl (C=O) groups is 1. The van der Waals surface area contributed by atoms with Crippen LogP contribution in [0.4, 0.5) is 5.82 Å². The number of nitrogens with zero attached hydrogens (tertiary/aromatic N) is 3. The van der Waals surface area contributed by atoms with Gasteiger partial charge in [0.25, 0.3) is 0 Å². The fourth-order valence-corrected chi connectivity index (χ4v) is 2.75. The van der Waals surface area contributed by atoms with Crippen LogP contribution in [0.2, 0.25) is 5.02 Å². The third kappa shape index (κ3) is 3.81. The summed E-state index contributed by atoms with van der Waals surface area (Å²) in [7, 11) is 1.82. The molecule has 1 aromatic heterocycles. The van der Waals surface area contributed by atoms with E-state index in [4.69, 9.17) is 11.6 Å². The number of nitrogens with one attached hydrogen (secondary N) is 1. The van der Waals surface area contributed by atoms with Crippen LogP contribution in [0.25, 0.3) is 0 Å². The van der Waals surface area contributed by atoms with Gasteiger partial charge in [0.05, 0.1) is 11.6 Å². The van der Waals surface area contributed by atoms with Crippen molar-refractivity contribution in [3.63, 3.8) is 0 Å². The first-order chi connectivity index (χ1) is 9.08. The number of pyridine rings is 1. The zero-order valence-corrected chi connectivity index (χ0v) is 13.0. The van der Waals surface area contributed by atoms with Crippen molar-refractivity contribution >= 4 is 39.3 Å². The van der Waals surface area contributed by atoms with E-state index in [0.717, 1.165) is 30.7 Å². The number of hydrogen-bond donors (Lipinski definition) is 1. The molecule has 7 heteroatoms. The Morgan fingerprint density at radius 2 is 2.26 bits per heavy atom. The fraction of sp³-hybridized carbons (Fsp3) is 0.500. The summed E-state index contributed by atoms with van der Waals surface area (Å²) >= 11 is 9.44. The Hall–Kier alpha value is -0.850. The Morgan fingerprint density at radius 3 is 2.89 bits per heavy atom. The minimum absolute atomic E-state index is 0.102. The maximum atomic E-state index is 12.1. The third-order valence-electron chi connectivity index (χ3n) is 2.99. The molecular formula is C12H16BrClN4O. The highest BCUT2D eigenvalue weighted by atomic mass is 79.9. The lowest BCUT2D eigenvalue weighted by Crippen LogP contribution is -2.49. The zero-order chi connectivity index (χ0) is 13.8. The van der Waals surface area contributed by atoms with Crippen LogP contribution in [0, 0.1) is 0 Å². The Kier molecular flexibility index (Phi) is 5.01. The van der Waals surface area contributed by atoms with E-state index < -0.39 is 0 Å². The Labute approximate surface area is 126 Å². The Balaban J connectivity index is 1.99. The monoisotopic (exact) mass is 346 g/mol. The van der Waals surface area contributed by atoms with Crippen LogP contribution in [0.15, 0.2) is 16.7 Å². The molecule has 0 saturated carbocycles. The lowest BCUT2D eigenvalue weighted by atomic mass is 10.3. The molecule has 0 atom stereocenters. The summed E-state index contributed by atoms with van der Waals surface area (Å²) in [5.74, 6) is 0.720. The fourth-order valence-electron chi connectivity index (χ4n) is 1.98. The maximum absolute atomic E-state index is 12.1. The molecule has 0 aromatic carbocycles. The number of amides is 1. The molecule has 19 heavy (non-hydrogen) atoms. The largest absolute Gasteiger partial charge is 0.349 e. The first-order valence-electron chi connectivity index (χ1n) is 6.08. The van der Waals surface area contributed by atoms with Crippen molar-refractivity contribution in [2.24, 2.45) is 0 Å². The number of halogens is 2. The SMILES string of the molecule is CN(CC(=O)N1CCNCC1)c1ncc(Br)cc1Cl. The van der Waals surface area contributed by atoms with E-state index in [1.165, 1.54) is 0 Å². The molecular weight excluding hydrogens is 332 g/mol. The van der Waals surface area contributed by atoms with E-state index >= 15 is 0 Å². The molecule has 0 aliphatic carbocycles. The van der Waals surface area contributed by atoms with Gasteiger partial charge in [0.2, 0.25) is 5.91 Å². The summed E-state index contributed by atoms with van der Waals surface area (Å²) in [5, 5.41) is 3.76. The first-order valence-corrected chi connectivity index (χ1v) is 7.25. The lowest BCUT2D eigenvalue weighted by molar-refractivity contribution is -0.130. The van der Waals surface area contributed by atoms with Gasteiger partial charge in [0.15, 0.2) is 0 Å². The van der Waals surface area contributed by atoms with Crippen LogP contribution >= 0.6 is 27.5 Å². The van der Waals surface area contributed by atoms with Crippen molar-refractivity contribution < 1.29 is 4.79 Å². The van der Waals surface area contributed by atoms with Crippen molar-refractivity contribution in [1.82, 2.24) is 15.2 Å². The van der Waals surface area contributed by atoms with Crippen LogP contribution in [0.3, 0.4) is 0 Å². The molecule has 1 saturated heterocycles. The van der Waals surface area contributed by atoms with Gasteiger partial charge in [-0.1, -0.05) is 11.6 Å². The van der Waals surface area contributed by atoms with Gasteiger partial charge in [-0.15, -0.1) is 0 Å². The van der Waals surface area contributed by atoms with E-state index in [2.05, 4.69) is 26.2 Å². The number of piperazine rings is 1.